The number of nitriles is 1. The van der Waals surface area contributed by atoms with Gasteiger partial charge in [-0.15, -0.1) is 0 Å². The largest absolute Gasteiger partial charge is 0.493 e. The van der Waals surface area contributed by atoms with Crippen LogP contribution in [0.4, 0.5) is 0 Å². The molecular formula is C20H15BrN2O2. The topological polar surface area (TPSA) is 65.9 Å². The molecule has 5 heteroatoms. The van der Waals surface area contributed by atoms with Gasteiger partial charge in [-0.3, -0.25) is 4.79 Å². The van der Waals surface area contributed by atoms with Crippen LogP contribution in [0.25, 0.3) is 22.4 Å². The van der Waals surface area contributed by atoms with E-state index in [1.54, 1.807) is 0 Å². The maximum absolute atomic E-state index is 12.5. The van der Waals surface area contributed by atoms with Gasteiger partial charge < -0.3 is 9.72 Å². The first kappa shape index (κ1) is 17.0. The van der Waals surface area contributed by atoms with Crippen LogP contribution in [0, 0.1) is 11.3 Å². The summed E-state index contributed by atoms with van der Waals surface area (Å²) in [4.78, 5) is 15.3. The van der Waals surface area contributed by atoms with Crippen molar-refractivity contribution in [3.05, 3.63) is 75.0 Å². The number of H-pyrrole nitrogens is 1. The summed E-state index contributed by atoms with van der Waals surface area (Å²) in [5.41, 5.74) is 2.42. The van der Waals surface area contributed by atoms with Crippen molar-refractivity contribution in [2.24, 2.45) is 0 Å². The SMILES string of the molecule is CCOc1ccccc1-c1cc(-c2ccccc2Br)[nH]c(=O)c1C#N. The number of nitrogens with one attached hydrogen (secondary N) is 1. The molecule has 0 aliphatic heterocycles. The van der Waals surface area contributed by atoms with E-state index in [9.17, 15) is 10.1 Å². The molecule has 4 nitrogen and oxygen atoms in total. The van der Waals surface area contributed by atoms with Crippen LogP contribution < -0.4 is 10.3 Å². The van der Waals surface area contributed by atoms with Gasteiger partial charge in [0.2, 0.25) is 0 Å². The molecule has 0 unspecified atom stereocenters. The summed E-state index contributed by atoms with van der Waals surface area (Å²) < 4.78 is 6.53. The van der Waals surface area contributed by atoms with Crippen molar-refractivity contribution in [1.29, 1.82) is 5.26 Å². The Bertz CT molecular complexity index is 1020. The minimum Gasteiger partial charge on any atom is -0.493 e. The van der Waals surface area contributed by atoms with Gasteiger partial charge in [0.05, 0.1) is 12.3 Å². The molecule has 3 rings (SSSR count). The van der Waals surface area contributed by atoms with Crippen LogP contribution in [0.2, 0.25) is 0 Å². The number of rotatable bonds is 4. The highest BCUT2D eigenvalue weighted by Crippen LogP contribution is 2.34. The zero-order chi connectivity index (χ0) is 17.8. The molecule has 1 N–H and O–H groups in total. The Morgan fingerprint density at radius 2 is 1.76 bits per heavy atom. The van der Waals surface area contributed by atoms with E-state index in [1.807, 2.05) is 67.6 Å². The van der Waals surface area contributed by atoms with Gasteiger partial charge in [-0.25, -0.2) is 0 Å². The molecule has 3 aromatic rings. The van der Waals surface area contributed by atoms with E-state index in [4.69, 9.17) is 4.74 Å². The first-order valence-corrected chi connectivity index (χ1v) is 8.59. The standard InChI is InChI=1S/C20H15BrN2O2/c1-2-25-19-10-6-4-7-13(19)15-11-18(23-20(24)16(15)12-22)14-8-3-5-9-17(14)21/h3-11H,2H2,1H3,(H,23,24). The second-order valence-electron chi connectivity index (χ2n) is 5.32. The minimum atomic E-state index is -0.419. The number of pyridine rings is 1. The minimum absolute atomic E-state index is 0.0722. The summed E-state index contributed by atoms with van der Waals surface area (Å²) in [6.07, 6.45) is 0. The van der Waals surface area contributed by atoms with Crippen LogP contribution in [0.15, 0.2) is 63.9 Å². The number of benzene rings is 2. The fourth-order valence-electron chi connectivity index (χ4n) is 2.68. The average molecular weight is 395 g/mol. The first-order chi connectivity index (χ1) is 12.2. The van der Waals surface area contributed by atoms with Crippen LogP contribution in [-0.2, 0) is 0 Å². The van der Waals surface area contributed by atoms with E-state index in [0.717, 1.165) is 15.6 Å². The van der Waals surface area contributed by atoms with Gasteiger partial charge in [0.25, 0.3) is 5.56 Å². The fourth-order valence-corrected chi connectivity index (χ4v) is 3.18. The van der Waals surface area contributed by atoms with E-state index in [2.05, 4.69) is 20.9 Å². The third kappa shape index (κ3) is 3.35. The molecule has 2 aromatic carbocycles. The van der Waals surface area contributed by atoms with E-state index >= 15 is 0 Å². The summed E-state index contributed by atoms with van der Waals surface area (Å²) in [6.45, 7) is 2.39. The number of halogens is 1. The highest BCUT2D eigenvalue weighted by atomic mass is 79.9. The second kappa shape index (κ2) is 7.37. The third-order valence-corrected chi connectivity index (χ3v) is 4.48. The Morgan fingerprint density at radius 3 is 2.44 bits per heavy atom. The molecule has 0 aliphatic rings. The van der Waals surface area contributed by atoms with Crippen LogP contribution >= 0.6 is 15.9 Å². The predicted octanol–water partition coefficient (Wildman–Crippen LogP) is 4.74. The normalized spacial score (nSPS) is 10.3. The Hall–Kier alpha value is -2.84. The lowest BCUT2D eigenvalue weighted by Gasteiger charge is -2.13. The zero-order valence-electron chi connectivity index (χ0n) is 13.5. The number of hydrogen-bond acceptors (Lipinski definition) is 3. The van der Waals surface area contributed by atoms with Crippen LogP contribution in [0.1, 0.15) is 12.5 Å². The lowest BCUT2D eigenvalue weighted by Crippen LogP contribution is -2.13. The van der Waals surface area contributed by atoms with Crippen LogP contribution in [-0.4, -0.2) is 11.6 Å². The summed E-state index contributed by atoms with van der Waals surface area (Å²) in [7, 11) is 0. The van der Waals surface area contributed by atoms with Crippen molar-refractivity contribution in [3.63, 3.8) is 0 Å². The molecule has 124 valence electrons. The molecule has 1 heterocycles. The molecule has 0 saturated heterocycles. The summed E-state index contributed by atoms with van der Waals surface area (Å²) in [6, 6.07) is 18.8. The van der Waals surface area contributed by atoms with Crippen molar-refractivity contribution < 1.29 is 4.74 Å². The van der Waals surface area contributed by atoms with E-state index in [1.165, 1.54) is 0 Å². The van der Waals surface area contributed by atoms with Gasteiger partial charge in [0, 0.05) is 21.2 Å². The van der Waals surface area contributed by atoms with Crippen molar-refractivity contribution in [1.82, 2.24) is 4.98 Å². The molecule has 0 aliphatic carbocycles. The molecule has 0 radical (unpaired) electrons. The van der Waals surface area contributed by atoms with Crippen LogP contribution in [0.3, 0.4) is 0 Å². The van der Waals surface area contributed by atoms with Crippen molar-refractivity contribution >= 4 is 15.9 Å². The number of aromatic nitrogens is 1. The zero-order valence-corrected chi connectivity index (χ0v) is 15.1. The van der Waals surface area contributed by atoms with Crippen LogP contribution in [0.5, 0.6) is 5.75 Å². The van der Waals surface area contributed by atoms with Gasteiger partial charge in [-0.05, 0) is 25.1 Å². The van der Waals surface area contributed by atoms with Gasteiger partial charge in [-0.2, -0.15) is 5.26 Å². The Kier molecular flexibility index (Phi) is 5.01. The number of hydrogen-bond donors (Lipinski definition) is 1. The maximum atomic E-state index is 12.5. The lowest BCUT2D eigenvalue weighted by molar-refractivity contribution is 0.341. The van der Waals surface area contributed by atoms with Gasteiger partial charge in [-0.1, -0.05) is 52.3 Å². The maximum Gasteiger partial charge on any atom is 0.266 e. The van der Waals surface area contributed by atoms with E-state index in [-0.39, 0.29) is 5.56 Å². The molecule has 0 saturated carbocycles. The molecule has 0 bridgehead atoms. The van der Waals surface area contributed by atoms with Gasteiger partial charge in [0.1, 0.15) is 17.4 Å². The molecule has 0 amide bonds. The molecule has 1 aromatic heterocycles. The fraction of sp³-hybridized carbons (Fsp3) is 0.100. The molecule has 0 atom stereocenters. The van der Waals surface area contributed by atoms with E-state index in [0.29, 0.717) is 23.6 Å². The third-order valence-electron chi connectivity index (χ3n) is 3.79. The van der Waals surface area contributed by atoms with E-state index < -0.39 is 5.56 Å². The number of nitrogens with zero attached hydrogens (tertiary/aromatic N) is 1. The van der Waals surface area contributed by atoms with Gasteiger partial charge in [0.15, 0.2) is 0 Å². The Labute approximate surface area is 153 Å². The predicted molar refractivity (Wildman–Crippen MR) is 102 cm³/mol. The molecular weight excluding hydrogens is 380 g/mol. The Morgan fingerprint density at radius 1 is 1.08 bits per heavy atom. The first-order valence-electron chi connectivity index (χ1n) is 7.80. The lowest BCUT2D eigenvalue weighted by atomic mass is 9.98. The number of ether oxygens (including phenoxy) is 1. The molecule has 0 spiro atoms. The van der Waals surface area contributed by atoms with Crippen molar-refractivity contribution in [2.75, 3.05) is 6.61 Å². The highest BCUT2D eigenvalue weighted by Gasteiger charge is 2.16. The number of aromatic amines is 1. The molecule has 0 fully saturated rings. The van der Waals surface area contributed by atoms with Crippen molar-refractivity contribution in [2.45, 2.75) is 6.92 Å². The molecule has 25 heavy (non-hydrogen) atoms. The monoisotopic (exact) mass is 394 g/mol. The summed E-state index contributed by atoms with van der Waals surface area (Å²) >= 11 is 3.50. The van der Waals surface area contributed by atoms with Crippen molar-refractivity contribution in [3.8, 4) is 34.2 Å². The number of para-hydroxylation sites is 1. The Balaban J connectivity index is 2.29. The smallest absolute Gasteiger partial charge is 0.266 e. The average Bonchev–Trinajstić information content (AvgIpc) is 2.62. The summed E-state index contributed by atoms with van der Waals surface area (Å²) in [5.74, 6) is 0.644. The second-order valence-corrected chi connectivity index (χ2v) is 6.18. The summed E-state index contributed by atoms with van der Waals surface area (Å²) in [5, 5.41) is 9.48. The quantitative estimate of drug-likeness (QED) is 0.694. The highest BCUT2D eigenvalue weighted by molar-refractivity contribution is 9.10. The van der Waals surface area contributed by atoms with Gasteiger partial charge >= 0.3 is 0 Å².